The van der Waals surface area contributed by atoms with Gasteiger partial charge in [-0.05, 0) is 24.5 Å². The maximum Gasteiger partial charge on any atom is 0.129 e. The first-order chi connectivity index (χ1) is 7.06. The molecule has 1 rings (SSSR count). The van der Waals surface area contributed by atoms with Gasteiger partial charge in [-0.3, -0.25) is 0 Å². The van der Waals surface area contributed by atoms with Crippen molar-refractivity contribution in [2.75, 3.05) is 0 Å². The van der Waals surface area contributed by atoms with E-state index < -0.39 is 0 Å². The van der Waals surface area contributed by atoms with Crippen molar-refractivity contribution in [2.45, 2.75) is 32.7 Å². The van der Waals surface area contributed by atoms with Crippen molar-refractivity contribution in [1.29, 1.82) is 0 Å². The minimum atomic E-state index is -0.307. The van der Waals surface area contributed by atoms with Crippen LogP contribution in [0, 0.1) is 11.7 Å². The zero-order chi connectivity index (χ0) is 11.4. The van der Waals surface area contributed by atoms with Crippen LogP contribution in [0.5, 0.6) is 0 Å². The largest absolute Gasteiger partial charge is 0.324 e. The van der Waals surface area contributed by atoms with Crippen LogP contribution in [0.3, 0.4) is 0 Å². The number of hydrogen-bond donors (Lipinski definition) is 1. The highest BCUT2D eigenvalue weighted by Gasteiger charge is 2.17. The van der Waals surface area contributed by atoms with Crippen LogP contribution >= 0.6 is 11.6 Å². The van der Waals surface area contributed by atoms with Gasteiger partial charge in [-0.25, -0.2) is 4.39 Å². The van der Waals surface area contributed by atoms with E-state index in [-0.39, 0.29) is 17.8 Å². The molecule has 0 aliphatic rings. The van der Waals surface area contributed by atoms with Crippen molar-refractivity contribution in [3.05, 3.63) is 34.6 Å². The molecule has 0 spiro atoms. The molecule has 2 N–H and O–H groups in total. The molecule has 0 radical (unpaired) electrons. The summed E-state index contributed by atoms with van der Waals surface area (Å²) in [7, 11) is 0. The Morgan fingerprint density at radius 3 is 2.67 bits per heavy atom. The first kappa shape index (κ1) is 12.5. The van der Waals surface area contributed by atoms with E-state index in [1.54, 1.807) is 12.1 Å². The fraction of sp³-hybridized carbons (Fsp3) is 0.500. The van der Waals surface area contributed by atoms with Crippen molar-refractivity contribution in [3.63, 3.8) is 0 Å². The molecule has 0 aliphatic heterocycles. The van der Waals surface area contributed by atoms with Gasteiger partial charge in [0, 0.05) is 16.6 Å². The summed E-state index contributed by atoms with van der Waals surface area (Å²) in [6.07, 6.45) is 2.06. The molecule has 0 fully saturated rings. The van der Waals surface area contributed by atoms with Crippen molar-refractivity contribution >= 4 is 11.6 Å². The maximum absolute atomic E-state index is 13.5. The van der Waals surface area contributed by atoms with E-state index in [0.717, 1.165) is 12.8 Å². The van der Waals surface area contributed by atoms with Crippen LogP contribution in [0.15, 0.2) is 18.2 Å². The summed E-state index contributed by atoms with van der Waals surface area (Å²) in [5.41, 5.74) is 6.55. The Labute approximate surface area is 95.4 Å². The Hall–Kier alpha value is -0.600. The summed E-state index contributed by atoms with van der Waals surface area (Å²) in [6.45, 7) is 4.14. The third kappa shape index (κ3) is 3.18. The van der Waals surface area contributed by atoms with Crippen molar-refractivity contribution in [1.82, 2.24) is 0 Å². The fourth-order valence-corrected chi connectivity index (χ4v) is 1.87. The summed E-state index contributed by atoms with van der Waals surface area (Å²) < 4.78 is 13.5. The third-order valence-corrected chi connectivity index (χ3v) is 2.91. The summed E-state index contributed by atoms with van der Waals surface area (Å²) in [5, 5.41) is 0.409. The summed E-state index contributed by atoms with van der Waals surface area (Å²) in [6, 6.07) is 4.42. The lowest BCUT2D eigenvalue weighted by molar-refractivity contribution is 0.420. The molecule has 0 aromatic heterocycles. The molecule has 0 saturated heterocycles. The fourth-order valence-electron chi connectivity index (χ4n) is 1.71. The minimum absolute atomic E-state index is 0.248. The molecule has 15 heavy (non-hydrogen) atoms. The van der Waals surface area contributed by atoms with Gasteiger partial charge in [0.05, 0.1) is 0 Å². The van der Waals surface area contributed by atoms with Crippen molar-refractivity contribution < 1.29 is 4.39 Å². The number of benzene rings is 1. The van der Waals surface area contributed by atoms with Gasteiger partial charge in [0.1, 0.15) is 5.82 Å². The van der Waals surface area contributed by atoms with Gasteiger partial charge >= 0.3 is 0 Å². The highest BCUT2D eigenvalue weighted by molar-refractivity contribution is 6.30. The predicted octanol–water partition coefficient (Wildman–Crippen LogP) is 3.92. The van der Waals surface area contributed by atoms with E-state index in [9.17, 15) is 4.39 Å². The van der Waals surface area contributed by atoms with Crippen LogP contribution < -0.4 is 5.73 Å². The maximum atomic E-state index is 13.5. The monoisotopic (exact) mass is 229 g/mol. The van der Waals surface area contributed by atoms with Gasteiger partial charge in [0.25, 0.3) is 0 Å². The summed E-state index contributed by atoms with van der Waals surface area (Å²) in [4.78, 5) is 0. The Morgan fingerprint density at radius 1 is 1.47 bits per heavy atom. The van der Waals surface area contributed by atoms with Crippen LogP contribution in [0.1, 0.15) is 38.3 Å². The van der Waals surface area contributed by atoms with Crippen LogP contribution in [0.25, 0.3) is 0 Å². The van der Waals surface area contributed by atoms with Gasteiger partial charge in [-0.1, -0.05) is 37.9 Å². The molecular formula is C12H17ClFN. The molecule has 0 saturated carbocycles. The van der Waals surface area contributed by atoms with Crippen LogP contribution in [0.2, 0.25) is 5.02 Å². The van der Waals surface area contributed by atoms with Gasteiger partial charge in [0.15, 0.2) is 0 Å². The molecule has 2 unspecified atom stereocenters. The standard InChI is InChI=1S/C12H17ClFN/c1-3-4-8(2)12(15)10-6-5-9(13)7-11(10)14/h5-8,12H,3-4,15H2,1-2H3. The van der Waals surface area contributed by atoms with Crippen LogP contribution in [-0.4, -0.2) is 0 Å². The number of halogens is 2. The van der Waals surface area contributed by atoms with E-state index >= 15 is 0 Å². The molecule has 3 heteroatoms. The predicted molar refractivity (Wildman–Crippen MR) is 62.4 cm³/mol. The molecule has 0 heterocycles. The molecule has 1 aromatic carbocycles. The molecular weight excluding hydrogens is 213 g/mol. The molecule has 0 bridgehead atoms. The smallest absolute Gasteiger partial charge is 0.129 e. The van der Waals surface area contributed by atoms with Gasteiger partial charge in [0.2, 0.25) is 0 Å². The zero-order valence-corrected chi connectivity index (χ0v) is 9.89. The highest BCUT2D eigenvalue weighted by atomic mass is 35.5. The molecule has 0 amide bonds. The Bertz CT molecular complexity index is 327. The summed E-state index contributed by atoms with van der Waals surface area (Å²) in [5.74, 6) is -0.0244. The van der Waals surface area contributed by atoms with E-state index in [1.807, 2.05) is 6.92 Å². The summed E-state index contributed by atoms with van der Waals surface area (Å²) >= 11 is 5.68. The van der Waals surface area contributed by atoms with Crippen molar-refractivity contribution in [3.8, 4) is 0 Å². The molecule has 2 atom stereocenters. The van der Waals surface area contributed by atoms with E-state index in [2.05, 4.69) is 6.92 Å². The van der Waals surface area contributed by atoms with E-state index in [4.69, 9.17) is 17.3 Å². The van der Waals surface area contributed by atoms with Crippen LogP contribution in [-0.2, 0) is 0 Å². The molecule has 1 aromatic rings. The van der Waals surface area contributed by atoms with Gasteiger partial charge in [-0.15, -0.1) is 0 Å². The third-order valence-electron chi connectivity index (χ3n) is 2.68. The van der Waals surface area contributed by atoms with E-state index in [0.29, 0.717) is 10.6 Å². The quantitative estimate of drug-likeness (QED) is 0.832. The number of nitrogens with two attached hydrogens (primary N) is 1. The molecule has 0 aliphatic carbocycles. The van der Waals surface area contributed by atoms with Gasteiger partial charge in [-0.2, -0.15) is 0 Å². The lowest BCUT2D eigenvalue weighted by atomic mass is 9.91. The molecule has 84 valence electrons. The SMILES string of the molecule is CCCC(C)C(N)c1ccc(Cl)cc1F. The zero-order valence-electron chi connectivity index (χ0n) is 9.13. The second-order valence-electron chi connectivity index (χ2n) is 3.96. The topological polar surface area (TPSA) is 26.0 Å². The Kier molecular flexibility index (Phi) is 4.55. The second kappa shape index (κ2) is 5.47. The van der Waals surface area contributed by atoms with Crippen LogP contribution in [0.4, 0.5) is 4.39 Å². The van der Waals surface area contributed by atoms with Crippen molar-refractivity contribution in [2.24, 2.45) is 11.7 Å². The highest BCUT2D eigenvalue weighted by Crippen LogP contribution is 2.26. The average Bonchev–Trinajstić information content (AvgIpc) is 2.17. The number of rotatable bonds is 4. The number of hydrogen-bond acceptors (Lipinski definition) is 1. The molecule has 1 nitrogen and oxygen atoms in total. The normalized spacial score (nSPS) is 15.0. The first-order valence-corrected chi connectivity index (χ1v) is 5.64. The average molecular weight is 230 g/mol. The Morgan fingerprint density at radius 2 is 2.13 bits per heavy atom. The second-order valence-corrected chi connectivity index (χ2v) is 4.39. The van der Waals surface area contributed by atoms with E-state index in [1.165, 1.54) is 6.07 Å². The minimum Gasteiger partial charge on any atom is -0.324 e. The first-order valence-electron chi connectivity index (χ1n) is 5.26. The lowest BCUT2D eigenvalue weighted by Gasteiger charge is -2.20. The Balaban J connectivity index is 2.86. The lowest BCUT2D eigenvalue weighted by Crippen LogP contribution is -2.20. The van der Waals surface area contributed by atoms with Gasteiger partial charge < -0.3 is 5.73 Å².